The lowest BCUT2D eigenvalue weighted by atomic mass is 10.2. The van der Waals surface area contributed by atoms with Crippen molar-refractivity contribution in [1.29, 1.82) is 0 Å². The van der Waals surface area contributed by atoms with Crippen molar-refractivity contribution >= 4 is 11.8 Å². The predicted octanol–water partition coefficient (Wildman–Crippen LogP) is 1.06. The van der Waals surface area contributed by atoms with E-state index in [4.69, 9.17) is 0 Å². The summed E-state index contributed by atoms with van der Waals surface area (Å²) in [6.07, 6.45) is 5.61. The van der Waals surface area contributed by atoms with Gasteiger partial charge < -0.3 is 10.2 Å². The number of hydrogen-bond donors (Lipinski definition) is 1. The minimum atomic E-state index is -0.245. The van der Waals surface area contributed by atoms with E-state index in [1.54, 1.807) is 0 Å². The first-order chi connectivity index (χ1) is 7.72. The van der Waals surface area contributed by atoms with Crippen LogP contribution >= 0.6 is 0 Å². The summed E-state index contributed by atoms with van der Waals surface area (Å²) in [6.45, 7) is 2.99. The fourth-order valence-corrected chi connectivity index (χ4v) is 2.19. The molecule has 2 aliphatic rings. The lowest BCUT2D eigenvalue weighted by Crippen LogP contribution is -2.45. The van der Waals surface area contributed by atoms with E-state index in [2.05, 4.69) is 12.2 Å². The molecule has 2 amide bonds. The quantitative estimate of drug-likeness (QED) is 0.759. The van der Waals surface area contributed by atoms with E-state index in [1.807, 2.05) is 4.90 Å². The zero-order chi connectivity index (χ0) is 11.5. The Bertz CT molecular complexity index is 287. The van der Waals surface area contributed by atoms with Gasteiger partial charge in [-0.05, 0) is 25.7 Å². The van der Waals surface area contributed by atoms with Crippen LogP contribution in [0.25, 0.3) is 0 Å². The first-order valence-corrected chi connectivity index (χ1v) is 6.32. The van der Waals surface area contributed by atoms with Gasteiger partial charge in [-0.25, -0.2) is 0 Å². The first kappa shape index (κ1) is 11.4. The molecule has 2 fully saturated rings. The largest absolute Gasteiger partial charge is 0.344 e. The number of hydrogen-bond acceptors (Lipinski definition) is 2. The van der Waals surface area contributed by atoms with E-state index >= 15 is 0 Å². The zero-order valence-electron chi connectivity index (χ0n) is 9.87. The van der Waals surface area contributed by atoms with E-state index in [1.165, 1.54) is 0 Å². The molecule has 1 aliphatic heterocycles. The van der Waals surface area contributed by atoms with Gasteiger partial charge in [-0.15, -0.1) is 0 Å². The van der Waals surface area contributed by atoms with Crippen molar-refractivity contribution < 1.29 is 9.59 Å². The molecule has 4 nitrogen and oxygen atoms in total. The van der Waals surface area contributed by atoms with Crippen molar-refractivity contribution in [3.63, 3.8) is 0 Å². The van der Waals surface area contributed by atoms with Crippen molar-refractivity contribution in [2.75, 3.05) is 6.54 Å². The summed E-state index contributed by atoms with van der Waals surface area (Å²) in [5.41, 5.74) is 0. The molecule has 0 aromatic carbocycles. The second-order valence-electron chi connectivity index (χ2n) is 4.78. The summed E-state index contributed by atoms with van der Waals surface area (Å²) in [4.78, 5) is 25.3. The molecule has 1 atom stereocenters. The number of nitrogens with zero attached hydrogens (tertiary/aromatic N) is 1. The maximum Gasteiger partial charge on any atom is 0.245 e. The number of carbonyl (C=O) groups excluding carboxylic acids is 2. The molecule has 0 unspecified atom stereocenters. The molecule has 0 spiro atoms. The molecule has 1 N–H and O–H groups in total. The monoisotopic (exact) mass is 224 g/mol. The topological polar surface area (TPSA) is 49.4 Å². The summed E-state index contributed by atoms with van der Waals surface area (Å²) in [5, 5.41) is 2.76. The van der Waals surface area contributed by atoms with Crippen molar-refractivity contribution in [1.82, 2.24) is 10.2 Å². The van der Waals surface area contributed by atoms with E-state index < -0.39 is 0 Å². The zero-order valence-corrected chi connectivity index (χ0v) is 9.87. The Kier molecular flexibility index (Phi) is 3.46. The number of rotatable bonds is 5. The van der Waals surface area contributed by atoms with Crippen LogP contribution in [0.1, 0.15) is 45.4 Å². The number of nitrogens with one attached hydrogen (secondary N) is 1. The average Bonchev–Trinajstić information content (AvgIpc) is 3.01. The number of unbranched alkanes of at least 4 members (excludes halogenated alkanes) is 1. The van der Waals surface area contributed by atoms with Crippen LogP contribution in [0.4, 0.5) is 0 Å². The number of carbonyl (C=O) groups is 2. The highest BCUT2D eigenvalue weighted by Crippen LogP contribution is 2.28. The minimum absolute atomic E-state index is 0.0181. The normalized spacial score (nSPS) is 24.3. The summed E-state index contributed by atoms with van der Waals surface area (Å²) in [5.74, 6) is 0.159. The second-order valence-corrected chi connectivity index (χ2v) is 4.78. The fraction of sp³-hybridized carbons (Fsp3) is 0.833. The Morgan fingerprint density at radius 2 is 2.19 bits per heavy atom. The van der Waals surface area contributed by atoms with Gasteiger partial charge in [0.1, 0.15) is 6.04 Å². The third-order valence-corrected chi connectivity index (χ3v) is 3.32. The second kappa shape index (κ2) is 4.85. The van der Waals surface area contributed by atoms with Crippen LogP contribution in [0.2, 0.25) is 0 Å². The van der Waals surface area contributed by atoms with Crippen LogP contribution in [-0.2, 0) is 9.59 Å². The van der Waals surface area contributed by atoms with Gasteiger partial charge in [0.25, 0.3) is 0 Å². The maximum absolute atomic E-state index is 12.2. The lowest BCUT2D eigenvalue weighted by Gasteiger charge is -2.25. The standard InChI is InChI=1S/C12H20N2O2/c1-2-3-8-14(9-4-5-9)12(16)10-6-7-11(15)13-10/h9-10H,2-8H2,1H3,(H,13,15)/t10-/m0/s1. The van der Waals surface area contributed by atoms with Gasteiger partial charge in [0.2, 0.25) is 11.8 Å². The Balaban J connectivity index is 1.91. The van der Waals surface area contributed by atoms with Crippen LogP contribution in [0.5, 0.6) is 0 Å². The number of amides is 2. The van der Waals surface area contributed by atoms with E-state index in [0.717, 1.165) is 32.2 Å². The average molecular weight is 224 g/mol. The molecule has 1 aliphatic carbocycles. The third kappa shape index (κ3) is 2.54. The molecular formula is C12H20N2O2. The minimum Gasteiger partial charge on any atom is -0.344 e. The highest BCUT2D eigenvalue weighted by atomic mass is 16.2. The molecule has 0 radical (unpaired) electrons. The van der Waals surface area contributed by atoms with Crippen LogP contribution in [-0.4, -0.2) is 35.3 Å². The van der Waals surface area contributed by atoms with Crippen molar-refractivity contribution in [3.05, 3.63) is 0 Å². The highest BCUT2D eigenvalue weighted by Gasteiger charge is 2.37. The first-order valence-electron chi connectivity index (χ1n) is 6.32. The Hall–Kier alpha value is -1.06. The van der Waals surface area contributed by atoms with Crippen LogP contribution in [0.3, 0.4) is 0 Å². The molecule has 1 heterocycles. The Labute approximate surface area is 96.4 Å². The van der Waals surface area contributed by atoms with Crippen molar-refractivity contribution in [2.24, 2.45) is 0 Å². The maximum atomic E-state index is 12.2. The Morgan fingerprint density at radius 3 is 2.69 bits per heavy atom. The lowest BCUT2D eigenvalue weighted by molar-refractivity contribution is -0.135. The van der Waals surface area contributed by atoms with E-state index in [9.17, 15) is 9.59 Å². The SMILES string of the molecule is CCCCN(C(=O)[C@@H]1CCC(=O)N1)C1CC1. The Morgan fingerprint density at radius 1 is 1.44 bits per heavy atom. The van der Waals surface area contributed by atoms with Crippen molar-refractivity contribution in [3.8, 4) is 0 Å². The molecule has 4 heteroatoms. The van der Waals surface area contributed by atoms with Gasteiger partial charge >= 0.3 is 0 Å². The van der Waals surface area contributed by atoms with Crippen LogP contribution in [0.15, 0.2) is 0 Å². The summed E-state index contributed by atoms with van der Waals surface area (Å²) in [7, 11) is 0. The smallest absolute Gasteiger partial charge is 0.245 e. The molecule has 1 saturated carbocycles. The molecule has 0 aromatic rings. The van der Waals surface area contributed by atoms with Gasteiger partial charge in [-0.2, -0.15) is 0 Å². The van der Waals surface area contributed by atoms with Gasteiger partial charge in [0, 0.05) is 19.0 Å². The van der Waals surface area contributed by atoms with Gasteiger partial charge in [0.15, 0.2) is 0 Å². The van der Waals surface area contributed by atoms with E-state index in [-0.39, 0.29) is 17.9 Å². The molecule has 0 aromatic heterocycles. The van der Waals surface area contributed by atoms with Crippen molar-refractivity contribution in [2.45, 2.75) is 57.5 Å². The summed E-state index contributed by atoms with van der Waals surface area (Å²) >= 11 is 0. The summed E-state index contributed by atoms with van der Waals surface area (Å²) < 4.78 is 0. The van der Waals surface area contributed by atoms with Gasteiger partial charge in [0.05, 0.1) is 0 Å². The highest BCUT2D eigenvalue weighted by molar-refractivity contribution is 5.91. The van der Waals surface area contributed by atoms with E-state index in [0.29, 0.717) is 18.9 Å². The molecule has 1 saturated heterocycles. The van der Waals surface area contributed by atoms with Gasteiger partial charge in [-0.3, -0.25) is 9.59 Å². The molecular weight excluding hydrogens is 204 g/mol. The van der Waals surface area contributed by atoms with Gasteiger partial charge in [-0.1, -0.05) is 13.3 Å². The van der Waals surface area contributed by atoms with Crippen LogP contribution in [0, 0.1) is 0 Å². The molecule has 0 bridgehead atoms. The molecule has 16 heavy (non-hydrogen) atoms. The molecule has 90 valence electrons. The van der Waals surface area contributed by atoms with Crippen LogP contribution < -0.4 is 5.32 Å². The molecule has 2 rings (SSSR count). The predicted molar refractivity (Wildman–Crippen MR) is 60.8 cm³/mol. The third-order valence-electron chi connectivity index (χ3n) is 3.32. The fourth-order valence-electron chi connectivity index (χ4n) is 2.19. The summed E-state index contributed by atoms with van der Waals surface area (Å²) in [6, 6.07) is 0.210.